The topological polar surface area (TPSA) is 90.4 Å². The summed E-state index contributed by atoms with van der Waals surface area (Å²) in [5, 5.41) is 16.3. The lowest BCUT2D eigenvalue weighted by atomic mass is 9.88. The van der Waals surface area contributed by atoms with Gasteiger partial charge < -0.3 is 15.7 Å². The molecule has 1 amide bonds. The zero-order valence-corrected chi connectivity index (χ0v) is 22.7. The Morgan fingerprint density at radius 2 is 1.83 bits per heavy atom. The second-order valence-corrected chi connectivity index (χ2v) is 10.6. The largest absolute Gasteiger partial charge is 0.416 e. The van der Waals surface area contributed by atoms with E-state index in [1.54, 1.807) is 6.07 Å². The third-order valence-corrected chi connectivity index (χ3v) is 7.83. The van der Waals surface area contributed by atoms with E-state index < -0.39 is 23.9 Å². The molecule has 1 saturated heterocycles. The summed E-state index contributed by atoms with van der Waals surface area (Å²) in [6.45, 7) is 0.679. The van der Waals surface area contributed by atoms with Gasteiger partial charge in [0, 0.05) is 23.7 Å². The van der Waals surface area contributed by atoms with Crippen LogP contribution in [0.5, 0.6) is 0 Å². The number of halogens is 3. The number of aliphatic hydroxyl groups excluding tert-OH is 1. The lowest BCUT2D eigenvalue weighted by Crippen LogP contribution is -2.35. The first-order valence-electron chi connectivity index (χ1n) is 14.0. The van der Waals surface area contributed by atoms with E-state index in [-0.39, 0.29) is 11.6 Å². The van der Waals surface area contributed by atoms with Crippen LogP contribution in [0.25, 0.3) is 11.3 Å². The quantitative estimate of drug-likeness (QED) is 0.256. The number of aryl methyl sites for hydroxylation is 1. The minimum absolute atomic E-state index is 0.0275. The first-order chi connectivity index (χ1) is 20.3. The van der Waals surface area contributed by atoms with E-state index in [2.05, 4.69) is 26.7 Å². The standard InChI is InChI=1S/C32H30F3N5O2/c33-32(34,35)21-12-14-24(28(16-21)39-31(42)26-9-5-15-36-26)27-18-30(38-19-37-27)40(22-7-2-1-3-8-22)29-10-4-6-20-11-13-23(41)17-25(20)29/h1-4,6-8,10,12,14,16,18-19,23,26,36,41H,5,9,11,13,15,17H2,(H,39,42)/t23-,26-/m0/s1. The monoisotopic (exact) mass is 573 g/mol. The molecule has 7 nitrogen and oxygen atoms in total. The van der Waals surface area contributed by atoms with Crippen molar-refractivity contribution in [3.8, 4) is 11.3 Å². The second-order valence-electron chi connectivity index (χ2n) is 10.6. The van der Waals surface area contributed by atoms with Crippen LogP contribution in [-0.2, 0) is 23.8 Å². The molecular weight excluding hydrogens is 543 g/mol. The van der Waals surface area contributed by atoms with Crippen molar-refractivity contribution < 1.29 is 23.1 Å². The number of nitrogens with one attached hydrogen (secondary N) is 2. The van der Waals surface area contributed by atoms with Gasteiger partial charge in [-0.05, 0) is 73.7 Å². The Labute approximate surface area is 241 Å². The summed E-state index contributed by atoms with van der Waals surface area (Å²) >= 11 is 0. The van der Waals surface area contributed by atoms with Crippen molar-refractivity contribution in [1.82, 2.24) is 15.3 Å². The number of carbonyl (C=O) groups is 1. The van der Waals surface area contributed by atoms with E-state index in [4.69, 9.17) is 0 Å². The van der Waals surface area contributed by atoms with Crippen LogP contribution < -0.4 is 15.5 Å². The maximum atomic E-state index is 13.7. The third kappa shape index (κ3) is 5.73. The van der Waals surface area contributed by atoms with Crippen molar-refractivity contribution in [2.75, 3.05) is 16.8 Å². The molecular formula is C32H30F3N5O2. The number of hydrogen-bond donors (Lipinski definition) is 3. The van der Waals surface area contributed by atoms with Crippen LogP contribution in [0.15, 0.2) is 79.1 Å². The Morgan fingerprint density at radius 1 is 1.00 bits per heavy atom. The average Bonchev–Trinajstić information content (AvgIpc) is 3.53. The van der Waals surface area contributed by atoms with Crippen LogP contribution >= 0.6 is 0 Å². The normalized spacial score (nSPS) is 18.4. The van der Waals surface area contributed by atoms with Gasteiger partial charge in [0.25, 0.3) is 0 Å². The van der Waals surface area contributed by atoms with Crippen molar-refractivity contribution in [2.45, 2.75) is 50.4 Å². The summed E-state index contributed by atoms with van der Waals surface area (Å²) < 4.78 is 41.0. The number of fused-ring (bicyclic) bond motifs is 1. The maximum absolute atomic E-state index is 13.7. The first kappa shape index (κ1) is 27.9. The molecule has 0 bridgehead atoms. The molecule has 216 valence electrons. The molecule has 10 heteroatoms. The highest BCUT2D eigenvalue weighted by Gasteiger charge is 2.32. The van der Waals surface area contributed by atoms with E-state index >= 15 is 0 Å². The van der Waals surface area contributed by atoms with Crippen LogP contribution in [0.1, 0.15) is 36.0 Å². The molecule has 0 unspecified atom stereocenters. The second kappa shape index (κ2) is 11.5. The molecule has 2 heterocycles. The number of nitrogens with zero attached hydrogens (tertiary/aromatic N) is 3. The number of amides is 1. The number of benzene rings is 3. The molecule has 4 aromatic rings. The van der Waals surface area contributed by atoms with Crippen molar-refractivity contribution in [3.63, 3.8) is 0 Å². The van der Waals surface area contributed by atoms with Gasteiger partial charge in [-0.15, -0.1) is 0 Å². The Balaban J connectivity index is 1.46. The van der Waals surface area contributed by atoms with Gasteiger partial charge in [0.15, 0.2) is 0 Å². The van der Waals surface area contributed by atoms with Crippen molar-refractivity contribution >= 4 is 28.8 Å². The number of anilines is 4. The number of para-hydroxylation sites is 1. The van der Waals surface area contributed by atoms with Crippen LogP contribution in [-0.4, -0.2) is 39.7 Å². The van der Waals surface area contributed by atoms with Crippen LogP contribution in [0, 0.1) is 0 Å². The Bertz CT molecular complexity index is 1590. The van der Waals surface area contributed by atoms with Crippen molar-refractivity contribution in [2.24, 2.45) is 0 Å². The molecule has 6 rings (SSSR count). The average molecular weight is 574 g/mol. The van der Waals surface area contributed by atoms with Crippen LogP contribution in [0.4, 0.5) is 36.1 Å². The molecule has 42 heavy (non-hydrogen) atoms. The molecule has 1 fully saturated rings. The number of alkyl halides is 3. The molecule has 3 aromatic carbocycles. The number of aromatic nitrogens is 2. The van der Waals surface area contributed by atoms with E-state index in [1.165, 1.54) is 12.4 Å². The molecule has 0 radical (unpaired) electrons. The van der Waals surface area contributed by atoms with E-state index in [9.17, 15) is 23.1 Å². The maximum Gasteiger partial charge on any atom is 0.416 e. The van der Waals surface area contributed by atoms with Gasteiger partial charge in [-0.25, -0.2) is 9.97 Å². The first-order valence-corrected chi connectivity index (χ1v) is 14.0. The van der Waals surface area contributed by atoms with Gasteiger partial charge in [0.2, 0.25) is 5.91 Å². The zero-order valence-electron chi connectivity index (χ0n) is 22.7. The van der Waals surface area contributed by atoms with E-state index in [0.717, 1.165) is 47.5 Å². The predicted octanol–water partition coefficient (Wildman–Crippen LogP) is 6.17. The fraction of sp³-hybridized carbons (Fsp3) is 0.281. The highest BCUT2D eigenvalue weighted by Crippen LogP contribution is 2.41. The number of rotatable bonds is 6. The molecule has 2 aliphatic rings. The molecule has 0 spiro atoms. The van der Waals surface area contributed by atoms with Crippen LogP contribution in [0.3, 0.4) is 0 Å². The number of carbonyl (C=O) groups excluding carboxylic acids is 1. The zero-order chi connectivity index (χ0) is 29.3. The molecule has 3 N–H and O–H groups in total. The molecule has 0 saturated carbocycles. The van der Waals surface area contributed by atoms with Crippen LogP contribution in [0.2, 0.25) is 0 Å². The molecule has 1 aliphatic carbocycles. The third-order valence-electron chi connectivity index (χ3n) is 7.83. The van der Waals surface area contributed by atoms with E-state index in [1.807, 2.05) is 47.4 Å². The number of aliphatic hydroxyl groups is 1. The fourth-order valence-electron chi connectivity index (χ4n) is 5.72. The van der Waals surface area contributed by atoms with Crippen molar-refractivity contribution in [1.29, 1.82) is 0 Å². The smallest absolute Gasteiger partial charge is 0.393 e. The highest BCUT2D eigenvalue weighted by molar-refractivity contribution is 5.98. The minimum Gasteiger partial charge on any atom is -0.393 e. The molecule has 1 aromatic heterocycles. The molecule has 2 atom stereocenters. The Hall–Kier alpha value is -4.28. The van der Waals surface area contributed by atoms with Gasteiger partial charge >= 0.3 is 6.18 Å². The van der Waals surface area contributed by atoms with Gasteiger partial charge in [-0.1, -0.05) is 36.4 Å². The Kier molecular flexibility index (Phi) is 7.66. The van der Waals surface area contributed by atoms with Gasteiger partial charge in [-0.2, -0.15) is 13.2 Å². The van der Waals surface area contributed by atoms with Gasteiger partial charge in [-0.3, -0.25) is 9.69 Å². The Morgan fingerprint density at radius 3 is 2.60 bits per heavy atom. The summed E-state index contributed by atoms with van der Waals surface area (Å²) in [6.07, 6.45) is -0.293. The number of hydrogen-bond acceptors (Lipinski definition) is 6. The summed E-state index contributed by atoms with van der Waals surface area (Å²) in [4.78, 5) is 23.9. The van der Waals surface area contributed by atoms with Crippen molar-refractivity contribution in [3.05, 3.63) is 95.8 Å². The molecule has 1 aliphatic heterocycles. The predicted molar refractivity (Wildman–Crippen MR) is 155 cm³/mol. The lowest BCUT2D eigenvalue weighted by molar-refractivity contribution is -0.137. The summed E-state index contributed by atoms with van der Waals surface area (Å²) in [5.74, 6) is 0.108. The summed E-state index contributed by atoms with van der Waals surface area (Å²) in [7, 11) is 0. The van der Waals surface area contributed by atoms with Gasteiger partial charge in [0.05, 0.1) is 34.8 Å². The minimum atomic E-state index is -4.58. The highest BCUT2D eigenvalue weighted by atomic mass is 19.4. The van der Waals surface area contributed by atoms with E-state index in [0.29, 0.717) is 42.9 Å². The van der Waals surface area contributed by atoms with Gasteiger partial charge in [0.1, 0.15) is 12.1 Å². The lowest BCUT2D eigenvalue weighted by Gasteiger charge is -2.30. The fourth-order valence-corrected chi connectivity index (χ4v) is 5.72. The SMILES string of the molecule is O=C(Nc1cc(C(F)(F)F)ccc1-c1cc(N(c2ccccc2)c2cccc3c2C[C@@H](O)CC3)ncn1)[C@@H]1CCCN1. The summed E-state index contributed by atoms with van der Waals surface area (Å²) in [5.41, 5.74) is 3.72. The summed E-state index contributed by atoms with van der Waals surface area (Å²) in [6, 6.07) is 20.2.